The van der Waals surface area contributed by atoms with Crippen LogP contribution < -0.4 is 16.2 Å². The predicted molar refractivity (Wildman–Crippen MR) is 105 cm³/mol. The van der Waals surface area contributed by atoms with Crippen LogP contribution in [0.25, 0.3) is 10.9 Å². The maximum Gasteiger partial charge on any atom is 0.238 e. The van der Waals surface area contributed by atoms with Crippen LogP contribution in [0.15, 0.2) is 30.5 Å². The van der Waals surface area contributed by atoms with Gasteiger partial charge in [-0.25, -0.2) is 0 Å². The van der Waals surface area contributed by atoms with Crippen molar-refractivity contribution < 1.29 is 4.79 Å². The van der Waals surface area contributed by atoms with Gasteiger partial charge < -0.3 is 10.3 Å². The number of aryl methyl sites for hydroxylation is 1. The maximum absolute atomic E-state index is 12.1. The Kier molecular flexibility index (Phi) is 5.91. The maximum atomic E-state index is 12.1. The summed E-state index contributed by atoms with van der Waals surface area (Å²) in [7, 11) is 0. The molecule has 1 heterocycles. The summed E-state index contributed by atoms with van der Waals surface area (Å²) in [6.07, 6.45) is 7.98. The Balaban J connectivity index is 1.41. The molecule has 3 rings (SSSR count). The van der Waals surface area contributed by atoms with Crippen LogP contribution >= 0.6 is 12.2 Å². The van der Waals surface area contributed by atoms with E-state index in [2.05, 4.69) is 34.1 Å². The predicted octanol–water partition coefficient (Wildman–Crippen LogP) is 3.17. The van der Waals surface area contributed by atoms with Gasteiger partial charge in [0.15, 0.2) is 5.11 Å². The summed E-state index contributed by atoms with van der Waals surface area (Å²) in [5, 5.41) is 4.99. The van der Waals surface area contributed by atoms with Crippen molar-refractivity contribution in [3.63, 3.8) is 0 Å². The zero-order valence-electron chi connectivity index (χ0n) is 14.6. The summed E-state index contributed by atoms with van der Waals surface area (Å²) in [6.45, 7) is 2.25. The van der Waals surface area contributed by atoms with Crippen LogP contribution in [0.5, 0.6) is 0 Å². The number of aromatic amines is 1. The second kappa shape index (κ2) is 8.34. The quantitative estimate of drug-likeness (QED) is 0.501. The highest BCUT2D eigenvalue weighted by Crippen LogP contribution is 2.23. The number of carbonyl (C=O) groups is 1. The van der Waals surface area contributed by atoms with Gasteiger partial charge in [0.25, 0.3) is 0 Å². The molecule has 4 N–H and O–H groups in total. The number of H-pyrrole nitrogens is 1. The first-order chi connectivity index (χ1) is 12.1. The van der Waals surface area contributed by atoms with Crippen molar-refractivity contribution in [2.24, 2.45) is 5.92 Å². The fraction of sp³-hybridized carbons (Fsp3) is 0.474. The Bertz CT molecular complexity index is 742. The average molecular weight is 359 g/mol. The molecule has 1 aliphatic rings. The Hall–Kier alpha value is -2.08. The number of rotatable bonds is 4. The fourth-order valence-electron chi connectivity index (χ4n) is 3.51. The van der Waals surface area contributed by atoms with Gasteiger partial charge in [-0.15, -0.1) is 0 Å². The number of carbonyl (C=O) groups excluding carboxylic acids is 1. The Labute approximate surface area is 153 Å². The van der Waals surface area contributed by atoms with E-state index in [1.807, 2.05) is 24.4 Å². The number of aromatic nitrogens is 1. The van der Waals surface area contributed by atoms with Crippen LogP contribution in [0.1, 0.15) is 44.6 Å². The van der Waals surface area contributed by atoms with Crippen LogP contribution in [0, 0.1) is 5.92 Å². The highest BCUT2D eigenvalue weighted by Gasteiger charge is 2.21. The minimum atomic E-state index is -0.0638. The largest absolute Gasteiger partial charge is 0.361 e. The normalized spacial score (nSPS) is 20.2. The summed E-state index contributed by atoms with van der Waals surface area (Å²) in [4.78, 5) is 15.3. The molecule has 1 fully saturated rings. The van der Waals surface area contributed by atoms with E-state index in [4.69, 9.17) is 12.2 Å². The molecule has 2 unspecified atom stereocenters. The van der Waals surface area contributed by atoms with E-state index >= 15 is 0 Å². The molecule has 1 saturated carbocycles. The molecular weight excluding hydrogens is 332 g/mol. The lowest BCUT2D eigenvalue weighted by atomic mass is 9.86. The fourth-order valence-corrected chi connectivity index (χ4v) is 3.71. The SMILES string of the molecule is CC1CCCCC1NC(=S)NNC(=O)CCc1c[nH]c2ccccc12. The summed E-state index contributed by atoms with van der Waals surface area (Å²) < 4.78 is 0. The summed E-state index contributed by atoms with van der Waals surface area (Å²) in [6, 6.07) is 8.52. The Morgan fingerprint density at radius 2 is 2.04 bits per heavy atom. The zero-order valence-corrected chi connectivity index (χ0v) is 15.4. The Morgan fingerprint density at radius 1 is 1.24 bits per heavy atom. The van der Waals surface area contributed by atoms with Crippen molar-refractivity contribution in [2.75, 3.05) is 0 Å². The summed E-state index contributed by atoms with van der Waals surface area (Å²) in [5.74, 6) is 0.553. The summed E-state index contributed by atoms with van der Waals surface area (Å²) in [5.41, 5.74) is 7.78. The second-order valence-corrected chi connectivity index (χ2v) is 7.28. The van der Waals surface area contributed by atoms with E-state index in [-0.39, 0.29) is 5.91 Å². The van der Waals surface area contributed by atoms with Crippen LogP contribution in [0.4, 0.5) is 0 Å². The van der Waals surface area contributed by atoms with Crippen molar-refractivity contribution in [3.05, 3.63) is 36.0 Å². The van der Waals surface area contributed by atoms with Crippen LogP contribution in [0.2, 0.25) is 0 Å². The van der Waals surface area contributed by atoms with Gasteiger partial charge >= 0.3 is 0 Å². The molecule has 1 aliphatic carbocycles. The average Bonchev–Trinajstić information content (AvgIpc) is 3.03. The van der Waals surface area contributed by atoms with Crippen molar-refractivity contribution >= 4 is 34.1 Å². The Morgan fingerprint density at radius 3 is 2.88 bits per heavy atom. The lowest BCUT2D eigenvalue weighted by molar-refractivity contribution is -0.121. The lowest BCUT2D eigenvalue weighted by Gasteiger charge is -2.30. The number of fused-ring (bicyclic) bond motifs is 1. The third kappa shape index (κ3) is 4.72. The van der Waals surface area contributed by atoms with Crippen molar-refractivity contribution in [1.29, 1.82) is 0 Å². The molecule has 0 aliphatic heterocycles. The molecule has 2 aromatic rings. The molecule has 0 spiro atoms. The van der Waals surface area contributed by atoms with Gasteiger partial charge in [0, 0.05) is 29.6 Å². The standard InChI is InChI=1S/C19H26N4OS/c1-13-6-2-4-8-16(13)21-19(25)23-22-18(24)11-10-14-12-20-17-9-5-3-7-15(14)17/h3,5,7,9,12-13,16,20H,2,4,6,8,10-11H2,1H3,(H,22,24)(H2,21,23,25). The van der Waals surface area contributed by atoms with Crippen LogP contribution in [0.3, 0.4) is 0 Å². The monoisotopic (exact) mass is 358 g/mol. The van der Waals surface area contributed by atoms with Gasteiger partial charge in [0.05, 0.1) is 0 Å². The van der Waals surface area contributed by atoms with E-state index in [0.29, 0.717) is 29.9 Å². The van der Waals surface area contributed by atoms with E-state index in [1.54, 1.807) is 0 Å². The number of hydrazine groups is 1. The first-order valence-electron chi connectivity index (χ1n) is 9.04. The molecule has 25 heavy (non-hydrogen) atoms. The number of amides is 1. The highest BCUT2D eigenvalue weighted by atomic mass is 32.1. The topological polar surface area (TPSA) is 68.9 Å². The third-order valence-electron chi connectivity index (χ3n) is 5.04. The molecule has 0 saturated heterocycles. The third-order valence-corrected chi connectivity index (χ3v) is 5.26. The molecule has 6 heteroatoms. The zero-order chi connectivity index (χ0) is 17.6. The second-order valence-electron chi connectivity index (χ2n) is 6.87. The number of thiocarbonyl (C=S) groups is 1. The number of para-hydroxylation sites is 1. The van der Waals surface area contributed by atoms with Crippen molar-refractivity contribution in [1.82, 2.24) is 21.2 Å². The van der Waals surface area contributed by atoms with Gasteiger partial charge in [-0.05, 0) is 49.0 Å². The molecule has 1 amide bonds. The molecule has 1 aromatic carbocycles. The van der Waals surface area contributed by atoms with E-state index < -0.39 is 0 Å². The van der Waals surface area contributed by atoms with Crippen molar-refractivity contribution in [3.8, 4) is 0 Å². The van der Waals surface area contributed by atoms with Gasteiger partial charge in [0.2, 0.25) is 5.91 Å². The van der Waals surface area contributed by atoms with Crippen LogP contribution in [-0.2, 0) is 11.2 Å². The molecule has 134 valence electrons. The summed E-state index contributed by atoms with van der Waals surface area (Å²) >= 11 is 5.29. The molecule has 2 atom stereocenters. The van der Waals surface area contributed by atoms with E-state index in [1.165, 1.54) is 24.6 Å². The number of nitrogens with one attached hydrogen (secondary N) is 4. The minimum absolute atomic E-state index is 0.0638. The van der Waals surface area contributed by atoms with E-state index in [9.17, 15) is 4.79 Å². The van der Waals surface area contributed by atoms with E-state index in [0.717, 1.165) is 17.5 Å². The lowest BCUT2D eigenvalue weighted by Crippen LogP contribution is -2.51. The number of benzene rings is 1. The molecule has 0 radical (unpaired) electrons. The van der Waals surface area contributed by atoms with Gasteiger partial charge in [-0.1, -0.05) is 38.0 Å². The molecular formula is C19H26N4OS. The van der Waals surface area contributed by atoms with Crippen LogP contribution in [-0.4, -0.2) is 22.0 Å². The molecule has 0 bridgehead atoms. The molecule has 1 aromatic heterocycles. The first kappa shape index (κ1) is 17.7. The minimum Gasteiger partial charge on any atom is -0.361 e. The van der Waals surface area contributed by atoms with Gasteiger partial charge in [-0.3, -0.25) is 15.6 Å². The molecule has 5 nitrogen and oxygen atoms in total. The van der Waals surface area contributed by atoms with Gasteiger partial charge in [-0.2, -0.15) is 0 Å². The number of hydrogen-bond donors (Lipinski definition) is 4. The van der Waals surface area contributed by atoms with Gasteiger partial charge in [0.1, 0.15) is 0 Å². The number of hydrogen-bond acceptors (Lipinski definition) is 2. The smallest absolute Gasteiger partial charge is 0.238 e. The highest BCUT2D eigenvalue weighted by molar-refractivity contribution is 7.80. The van der Waals surface area contributed by atoms with Crippen molar-refractivity contribution in [2.45, 2.75) is 51.5 Å². The first-order valence-corrected chi connectivity index (χ1v) is 9.44.